The van der Waals surface area contributed by atoms with Gasteiger partial charge in [0, 0.05) is 25.2 Å². The highest BCUT2D eigenvalue weighted by molar-refractivity contribution is 5.90. The third-order valence-electron chi connectivity index (χ3n) is 5.30. The van der Waals surface area contributed by atoms with Gasteiger partial charge in [-0.15, -0.1) is 0 Å². The van der Waals surface area contributed by atoms with Gasteiger partial charge in [-0.05, 0) is 29.8 Å². The molecule has 32 heavy (non-hydrogen) atoms. The Morgan fingerprint density at radius 1 is 1.38 bits per heavy atom. The van der Waals surface area contributed by atoms with Gasteiger partial charge < -0.3 is 34.4 Å². The van der Waals surface area contributed by atoms with Crippen LogP contribution in [-0.4, -0.2) is 78.5 Å². The summed E-state index contributed by atoms with van der Waals surface area (Å²) in [5.41, 5.74) is 0.696. The van der Waals surface area contributed by atoms with E-state index in [4.69, 9.17) is 14.6 Å². The van der Waals surface area contributed by atoms with Crippen molar-refractivity contribution in [1.29, 1.82) is 0 Å². The van der Waals surface area contributed by atoms with Crippen LogP contribution >= 0.6 is 0 Å². The molecule has 4 rings (SSSR count). The van der Waals surface area contributed by atoms with Crippen molar-refractivity contribution in [3.63, 3.8) is 0 Å². The highest BCUT2D eigenvalue weighted by Gasteiger charge is 2.34. The van der Waals surface area contributed by atoms with Crippen LogP contribution in [0.5, 0.6) is 5.88 Å². The van der Waals surface area contributed by atoms with Crippen molar-refractivity contribution in [1.82, 2.24) is 10.5 Å². The van der Waals surface area contributed by atoms with Crippen molar-refractivity contribution in [2.45, 2.75) is 24.7 Å². The van der Waals surface area contributed by atoms with Crippen LogP contribution in [-0.2, 0) is 9.53 Å². The zero-order valence-electron chi connectivity index (χ0n) is 17.0. The second-order valence-corrected chi connectivity index (χ2v) is 7.54. The Kier molecular flexibility index (Phi) is 6.42. The number of anilines is 2. The van der Waals surface area contributed by atoms with Gasteiger partial charge >= 0.3 is 6.09 Å². The van der Waals surface area contributed by atoms with Gasteiger partial charge in [0.25, 0.3) is 11.8 Å². The Balaban J connectivity index is 1.35. The fourth-order valence-electron chi connectivity index (χ4n) is 3.67. The van der Waals surface area contributed by atoms with Gasteiger partial charge in [0.15, 0.2) is 12.2 Å². The van der Waals surface area contributed by atoms with Crippen LogP contribution < -0.4 is 19.9 Å². The average molecular weight is 450 g/mol. The Morgan fingerprint density at radius 3 is 2.94 bits per heavy atom. The number of carbonyl (C=O) groups is 2. The Hall–Kier alpha value is -3.38. The molecule has 2 saturated heterocycles. The number of nitrogens with zero attached hydrogens (tertiary/aromatic N) is 3. The summed E-state index contributed by atoms with van der Waals surface area (Å²) in [5, 5.41) is 24.5. The molecule has 0 spiro atoms. The van der Waals surface area contributed by atoms with Crippen molar-refractivity contribution in [2.75, 3.05) is 42.6 Å². The maximum Gasteiger partial charge on any atom is 0.414 e. The molecule has 1 aromatic carbocycles. The second kappa shape index (κ2) is 9.40. The number of benzene rings is 1. The monoisotopic (exact) mass is 450 g/mol. The standard InChI is InChI=1S/C20H23FN4O7/c21-15-7-13(25-9-14(32-20(25)29)11-30-18-4-6-31-23-18)1-2-16(15)24-5-3-12(8-24)22-19(28)17(27)10-26/h1-2,4,6-7,12,14,17,26-27H,3,5,8-11H2,(H,22,28)/t12-,14+,17-/m0/s1. The smallest absolute Gasteiger partial charge is 0.414 e. The van der Waals surface area contributed by atoms with E-state index in [-0.39, 0.29) is 25.1 Å². The molecule has 0 radical (unpaired) electrons. The number of carbonyl (C=O) groups excluding carboxylic acids is 2. The van der Waals surface area contributed by atoms with Crippen LogP contribution in [0.15, 0.2) is 35.1 Å². The minimum atomic E-state index is -1.48. The zero-order chi connectivity index (χ0) is 22.7. The van der Waals surface area contributed by atoms with Gasteiger partial charge in [-0.3, -0.25) is 9.69 Å². The number of hydrogen-bond donors (Lipinski definition) is 3. The van der Waals surface area contributed by atoms with Crippen molar-refractivity contribution < 1.29 is 38.2 Å². The van der Waals surface area contributed by atoms with E-state index in [0.717, 1.165) is 0 Å². The summed E-state index contributed by atoms with van der Waals surface area (Å²) in [5.74, 6) is -0.898. The quantitative estimate of drug-likeness (QED) is 0.517. The summed E-state index contributed by atoms with van der Waals surface area (Å²) in [4.78, 5) is 27.0. The van der Waals surface area contributed by atoms with Crippen molar-refractivity contribution in [3.05, 3.63) is 36.3 Å². The number of halogens is 1. The van der Waals surface area contributed by atoms with E-state index in [1.165, 1.54) is 23.3 Å². The molecule has 2 aliphatic heterocycles. The molecule has 11 nitrogen and oxygen atoms in total. The molecule has 1 aromatic heterocycles. The summed E-state index contributed by atoms with van der Waals surface area (Å²) in [6.07, 6.45) is -0.694. The van der Waals surface area contributed by atoms with E-state index in [2.05, 4.69) is 15.0 Å². The van der Waals surface area contributed by atoms with Gasteiger partial charge in [0.05, 0.1) is 24.5 Å². The highest BCUT2D eigenvalue weighted by atomic mass is 19.1. The molecular weight excluding hydrogens is 427 g/mol. The molecule has 3 atom stereocenters. The van der Waals surface area contributed by atoms with E-state index >= 15 is 0 Å². The first-order valence-electron chi connectivity index (χ1n) is 10.1. The molecule has 2 fully saturated rings. The molecule has 12 heteroatoms. The van der Waals surface area contributed by atoms with E-state index in [1.807, 2.05) is 0 Å². The molecular formula is C20H23FN4O7. The summed E-state index contributed by atoms with van der Waals surface area (Å²) >= 11 is 0. The molecule has 3 heterocycles. The molecule has 172 valence electrons. The van der Waals surface area contributed by atoms with Crippen LogP contribution in [0.3, 0.4) is 0 Å². The van der Waals surface area contributed by atoms with Gasteiger partial charge in [-0.1, -0.05) is 0 Å². The van der Waals surface area contributed by atoms with Crippen LogP contribution in [0.2, 0.25) is 0 Å². The van der Waals surface area contributed by atoms with Crippen molar-refractivity contribution >= 4 is 23.4 Å². The highest BCUT2D eigenvalue weighted by Crippen LogP contribution is 2.30. The molecule has 2 aromatic rings. The minimum Gasteiger partial charge on any atom is -0.471 e. The Bertz CT molecular complexity index is 957. The molecule has 3 N–H and O–H groups in total. The lowest BCUT2D eigenvalue weighted by Gasteiger charge is -2.21. The normalized spacial score (nSPS) is 21.5. The third kappa shape index (κ3) is 4.75. The predicted molar refractivity (Wildman–Crippen MR) is 108 cm³/mol. The summed E-state index contributed by atoms with van der Waals surface area (Å²) in [7, 11) is 0. The van der Waals surface area contributed by atoms with E-state index in [9.17, 15) is 19.1 Å². The molecule has 2 amide bonds. The van der Waals surface area contributed by atoms with Gasteiger partial charge in [-0.25, -0.2) is 9.18 Å². The number of hydrogen-bond acceptors (Lipinski definition) is 9. The molecule has 2 aliphatic rings. The maximum atomic E-state index is 14.9. The second-order valence-electron chi connectivity index (χ2n) is 7.54. The lowest BCUT2D eigenvalue weighted by atomic mass is 10.2. The number of nitrogens with one attached hydrogen (secondary N) is 1. The lowest BCUT2D eigenvalue weighted by Crippen LogP contribution is -2.44. The SMILES string of the molecule is O=C(N[C@H]1CCN(c2ccc(N3C[C@H](COc4ccon4)OC3=O)cc2F)C1)[C@@H](O)CO. The Labute approximate surface area is 182 Å². The largest absolute Gasteiger partial charge is 0.471 e. The number of rotatable bonds is 8. The lowest BCUT2D eigenvalue weighted by molar-refractivity contribution is -0.131. The number of aromatic nitrogens is 1. The summed E-state index contributed by atoms with van der Waals surface area (Å²) in [6.45, 7) is 0.475. The minimum absolute atomic E-state index is 0.0845. The van der Waals surface area contributed by atoms with Gasteiger partial charge in [-0.2, -0.15) is 0 Å². The van der Waals surface area contributed by atoms with Gasteiger partial charge in [0.1, 0.15) is 18.7 Å². The first-order valence-corrected chi connectivity index (χ1v) is 10.1. The number of ether oxygens (including phenoxy) is 2. The third-order valence-corrected chi connectivity index (χ3v) is 5.30. The average Bonchev–Trinajstić information content (AvgIpc) is 3.53. The van der Waals surface area contributed by atoms with Crippen LogP contribution in [0.25, 0.3) is 0 Å². The molecule has 0 aliphatic carbocycles. The summed E-state index contributed by atoms with van der Waals surface area (Å²) in [6, 6.07) is 5.72. The number of amides is 2. The number of cyclic esters (lactones) is 1. The number of aliphatic hydroxyl groups excluding tert-OH is 2. The van der Waals surface area contributed by atoms with E-state index in [1.54, 1.807) is 17.0 Å². The first kappa shape index (κ1) is 21.8. The van der Waals surface area contributed by atoms with Crippen LogP contribution in [0, 0.1) is 5.82 Å². The van der Waals surface area contributed by atoms with Crippen molar-refractivity contribution in [2.24, 2.45) is 0 Å². The first-order chi connectivity index (χ1) is 15.4. The van der Waals surface area contributed by atoms with Crippen LogP contribution in [0.1, 0.15) is 6.42 Å². The number of aliphatic hydroxyl groups is 2. The van der Waals surface area contributed by atoms with E-state index < -0.39 is 36.6 Å². The van der Waals surface area contributed by atoms with Gasteiger partial charge in [0.2, 0.25) is 0 Å². The van der Waals surface area contributed by atoms with Crippen LogP contribution in [0.4, 0.5) is 20.6 Å². The summed E-state index contributed by atoms with van der Waals surface area (Å²) < 4.78 is 30.2. The molecule has 0 bridgehead atoms. The maximum absolute atomic E-state index is 14.9. The van der Waals surface area contributed by atoms with E-state index in [0.29, 0.717) is 30.9 Å². The Morgan fingerprint density at radius 2 is 2.22 bits per heavy atom. The predicted octanol–water partition coefficient (Wildman–Crippen LogP) is 0.266. The zero-order valence-corrected chi connectivity index (χ0v) is 17.0. The van der Waals surface area contributed by atoms with Crippen molar-refractivity contribution in [3.8, 4) is 5.88 Å². The molecule has 0 saturated carbocycles. The fraction of sp³-hybridized carbons (Fsp3) is 0.450. The molecule has 0 unspecified atom stereocenters. The fourth-order valence-corrected chi connectivity index (χ4v) is 3.67. The topological polar surface area (TPSA) is 138 Å².